The molecule has 4 heteroatoms. The molecular formula is C8H17N3O. The molecule has 70 valence electrons. The van der Waals surface area contributed by atoms with Gasteiger partial charge in [0.15, 0.2) is 0 Å². The molecule has 1 atom stereocenters. The monoisotopic (exact) mass is 171 g/mol. The first-order valence-electron chi connectivity index (χ1n) is 4.44. The van der Waals surface area contributed by atoms with Crippen molar-refractivity contribution >= 4 is 6.03 Å². The molecule has 1 unspecified atom stereocenters. The lowest BCUT2D eigenvalue weighted by Gasteiger charge is -2.31. The van der Waals surface area contributed by atoms with Gasteiger partial charge in [0.05, 0.1) is 0 Å². The molecule has 1 fully saturated rings. The van der Waals surface area contributed by atoms with Gasteiger partial charge in [-0.3, -0.25) is 0 Å². The Bertz CT molecular complexity index is 160. The SMILES string of the molecule is CNC(=O)N1CCCC(CN)C1. The van der Waals surface area contributed by atoms with Crippen molar-refractivity contribution in [3.8, 4) is 0 Å². The summed E-state index contributed by atoms with van der Waals surface area (Å²) in [6.07, 6.45) is 2.24. The zero-order valence-electron chi connectivity index (χ0n) is 7.55. The van der Waals surface area contributed by atoms with Gasteiger partial charge in [-0.15, -0.1) is 0 Å². The molecule has 0 radical (unpaired) electrons. The first-order valence-corrected chi connectivity index (χ1v) is 4.44. The fraction of sp³-hybridized carbons (Fsp3) is 0.875. The standard InChI is InChI=1S/C8H17N3O/c1-10-8(12)11-4-2-3-7(5-9)6-11/h7H,2-6,9H2,1H3,(H,10,12). The van der Waals surface area contributed by atoms with Crippen LogP contribution < -0.4 is 11.1 Å². The van der Waals surface area contributed by atoms with Gasteiger partial charge >= 0.3 is 6.03 Å². The Hall–Kier alpha value is -0.770. The van der Waals surface area contributed by atoms with Crippen molar-refractivity contribution in [2.24, 2.45) is 11.7 Å². The number of amides is 2. The lowest BCUT2D eigenvalue weighted by molar-refractivity contribution is 0.169. The molecule has 4 nitrogen and oxygen atoms in total. The van der Waals surface area contributed by atoms with Gasteiger partial charge in [0.25, 0.3) is 0 Å². The van der Waals surface area contributed by atoms with Crippen LogP contribution in [0.15, 0.2) is 0 Å². The molecule has 1 aliphatic rings. The summed E-state index contributed by atoms with van der Waals surface area (Å²) < 4.78 is 0. The second-order valence-corrected chi connectivity index (χ2v) is 3.25. The van der Waals surface area contributed by atoms with E-state index < -0.39 is 0 Å². The van der Waals surface area contributed by atoms with Crippen LogP contribution in [-0.4, -0.2) is 37.6 Å². The van der Waals surface area contributed by atoms with E-state index in [1.54, 1.807) is 7.05 Å². The predicted molar refractivity (Wildman–Crippen MR) is 47.8 cm³/mol. The third-order valence-electron chi connectivity index (χ3n) is 2.35. The van der Waals surface area contributed by atoms with Gasteiger partial charge in [0, 0.05) is 20.1 Å². The molecule has 1 saturated heterocycles. The number of nitrogens with zero attached hydrogens (tertiary/aromatic N) is 1. The molecule has 1 aliphatic heterocycles. The molecule has 12 heavy (non-hydrogen) atoms. The highest BCUT2D eigenvalue weighted by atomic mass is 16.2. The maximum absolute atomic E-state index is 11.2. The Kier molecular flexibility index (Phi) is 3.34. The predicted octanol–water partition coefficient (Wildman–Crippen LogP) is -0.00350. The zero-order chi connectivity index (χ0) is 8.97. The maximum Gasteiger partial charge on any atom is 0.317 e. The van der Waals surface area contributed by atoms with Crippen LogP contribution in [0.3, 0.4) is 0 Å². The fourth-order valence-corrected chi connectivity index (χ4v) is 1.60. The van der Waals surface area contributed by atoms with Crippen molar-refractivity contribution in [3.05, 3.63) is 0 Å². The van der Waals surface area contributed by atoms with Crippen LogP contribution >= 0.6 is 0 Å². The van der Waals surface area contributed by atoms with E-state index in [9.17, 15) is 4.79 Å². The number of hydrogen-bond acceptors (Lipinski definition) is 2. The smallest absolute Gasteiger partial charge is 0.317 e. The number of piperidine rings is 1. The van der Waals surface area contributed by atoms with Gasteiger partial charge in [0.1, 0.15) is 0 Å². The number of nitrogens with two attached hydrogens (primary N) is 1. The van der Waals surface area contributed by atoms with Crippen molar-refractivity contribution in [2.45, 2.75) is 12.8 Å². The molecule has 0 aromatic rings. The van der Waals surface area contributed by atoms with Crippen LogP contribution in [0.4, 0.5) is 4.79 Å². The summed E-state index contributed by atoms with van der Waals surface area (Å²) in [5, 5.41) is 2.63. The Balaban J connectivity index is 2.40. The highest BCUT2D eigenvalue weighted by molar-refractivity contribution is 5.73. The molecule has 3 N–H and O–H groups in total. The van der Waals surface area contributed by atoms with Gasteiger partial charge in [0.2, 0.25) is 0 Å². The number of likely N-dealkylation sites (tertiary alicyclic amines) is 1. The van der Waals surface area contributed by atoms with Crippen molar-refractivity contribution in [3.63, 3.8) is 0 Å². The largest absolute Gasteiger partial charge is 0.341 e. The van der Waals surface area contributed by atoms with Crippen LogP contribution in [0, 0.1) is 5.92 Å². The second-order valence-electron chi connectivity index (χ2n) is 3.25. The van der Waals surface area contributed by atoms with Gasteiger partial charge in [-0.05, 0) is 25.3 Å². The van der Waals surface area contributed by atoms with Crippen molar-refractivity contribution in [1.29, 1.82) is 0 Å². The minimum Gasteiger partial charge on any atom is -0.341 e. The fourth-order valence-electron chi connectivity index (χ4n) is 1.60. The van der Waals surface area contributed by atoms with Crippen molar-refractivity contribution < 1.29 is 4.79 Å². The van der Waals surface area contributed by atoms with E-state index in [0.717, 1.165) is 25.9 Å². The van der Waals surface area contributed by atoms with Gasteiger partial charge in [-0.2, -0.15) is 0 Å². The molecular weight excluding hydrogens is 154 g/mol. The van der Waals surface area contributed by atoms with Gasteiger partial charge < -0.3 is 16.0 Å². The topological polar surface area (TPSA) is 58.4 Å². The molecule has 0 aromatic heterocycles. The normalized spacial score (nSPS) is 23.8. The van der Waals surface area contributed by atoms with E-state index in [2.05, 4.69) is 5.32 Å². The molecule has 2 amide bonds. The van der Waals surface area contributed by atoms with Crippen LogP contribution in [0.2, 0.25) is 0 Å². The van der Waals surface area contributed by atoms with E-state index in [-0.39, 0.29) is 6.03 Å². The first-order chi connectivity index (χ1) is 5.77. The number of carbonyl (C=O) groups excluding carboxylic acids is 1. The van der Waals surface area contributed by atoms with Crippen LogP contribution in [-0.2, 0) is 0 Å². The average Bonchev–Trinajstić information content (AvgIpc) is 2.17. The third-order valence-corrected chi connectivity index (χ3v) is 2.35. The van der Waals surface area contributed by atoms with Crippen molar-refractivity contribution in [1.82, 2.24) is 10.2 Å². The highest BCUT2D eigenvalue weighted by Gasteiger charge is 2.21. The lowest BCUT2D eigenvalue weighted by Crippen LogP contribution is -2.45. The molecule has 0 aliphatic carbocycles. The number of rotatable bonds is 1. The zero-order valence-corrected chi connectivity index (χ0v) is 7.55. The van der Waals surface area contributed by atoms with E-state index in [1.165, 1.54) is 0 Å². The third kappa shape index (κ3) is 2.11. The van der Waals surface area contributed by atoms with E-state index in [1.807, 2.05) is 4.90 Å². The summed E-state index contributed by atoms with van der Waals surface area (Å²) in [5.74, 6) is 0.496. The number of carbonyl (C=O) groups is 1. The molecule has 0 spiro atoms. The minimum absolute atomic E-state index is 0.0214. The first kappa shape index (κ1) is 9.32. The minimum atomic E-state index is 0.0214. The summed E-state index contributed by atoms with van der Waals surface area (Å²) in [4.78, 5) is 13.0. The van der Waals surface area contributed by atoms with E-state index in [0.29, 0.717) is 12.5 Å². The van der Waals surface area contributed by atoms with Crippen LogP contribution in [0.5, 0.6) is 0 Å². The van der Waals surface area contributed by atoms with Gasteiger partial charge in [-0.25, -0.2) is 4.79 Å². The number of urea groups is 1. The lowest BCUT2D eigenvalue weighted by atomic mass is 9.99. The Morgan fingerprint density at radius 2 is 2.50 bits per heavy atom. The van der Waals surface area contributed by atoms with Crippen LogP contribution in [0.1, 0.15) is 12.8 Å². The molecule has 0 bridgehead atoms. The average molecular weight is 171 g/mol. The summed E-state index contributed by atoms with van der Waals surface area (Å²) in [6.45, 7) is 2.37. The Labute approximate surface area is 73.1 Å². The molecule has 0 aromatic carbocycles. The summed E-state index contributed by atoms with van der Waals surface area (Å²) in [5.41, 5.74) is 5.55. The van der Waals surface area contributed by atoms with E-state index in [4.69, 9.17) is 5.73 Å². The number of hydrogen-bond donors (Lipinski definition) is 2. The van der Waals surface area contributed by atoms with E-state index >= 15 is 0 Å². The second kappa shape index (κ2) is 4.30. The molecule has 1 rings (SSSR count). The summed E-state index contributed by atoms with van der Waals surface area (Å²) in [7, 11) is 1.66. The molecule has 0 saturated carbocycles. The van der Waals surface area contributed by atoms with Crippen molar-refractivity contribution in [2.75, 3.05) is 26.7 Å². The Morgan fingerprint density at radius 3 is 3.08 bits per heavy atom. The van der Waals surface area contributed by atoms with Crippen LogP contribution in [0.25, 0.3) is 0 Å². The maximum atomic E-state index is 11.2. The quantitative estimate of drug-likeness (QED) is 0.583. The van der Waals surface area contributed by atoms with Gasteiger partial charge in [-0.1, -0.05) is 0 Å². The summed E-state index contributed by atoms with van der Waals surface area (Å²) >= 11 is 0. The number of nitrogens with one attached hydrogen (secondary N) is 1. The summed E-state index contributed by atoms with van der Waals surface area (Å²) in [6, 6.07) is 0.0214. The Morgan fingerprint density at radius 1 is 1.75 bits per heavy atom. The molecule has 1 heterocycles. The highest BCUT2D eigenvalue weighted by Crippen LogP contribution is 2.14.